The number of esters is 1. The molecule has 0 aromatic carbocycles. The summed E-state index contributed by atoms with van der Waals surface area (Å²) in [6.45, 7) is 2.87. The topological polar surface area (TPSA) is 81.4 Å². The molecule has 12 heavy (non-hydrogen) atoms. The fourth-order valence-corrected chi connectivity index (χ4v) is 0.438. The van der Waals surface area contributed by atoms with Crippen molar-refractivity contribution in [3.8, 4) is 0 Å². The van der Waals surface area contributed by atoms with Crippen LogP contribution in [0.3, 0.4) is 0 Å². The van der Waals surface area contributed by atoms with Crippen LogP contribution in [0, 0.1) is 0 Å². The van der Waals surface area contributed by atoms with E-state index in [9.17, 15) is 9.59 Å². The van der Waals surface area contributed by atoms with E-state index < -0.39 is 11.7 Å². The van der Waals surface area contributed by atoms with Gasteiger partial charge in [0.15, 0.2) is 5.72 Å². The minimum atomic E-state index is -0.998. The van der Waals surface area contributed by atoms with E-state index in [4.69, 9.17) is 5.73 Å². The smallest absolute Gasteiger partial charge is 0.324 e. The van der Waals surface area contributed by atoms with Gasteiger partial charge in [-0.3, -0.25) is 10.5 Å². The van der Waals surface area contributed by atoms with Crippen LogP contribution in [0.25, 0.3) is 0 Å². The van der Waals surface area contributed by atoms with Gasteiger partial charge in [-0.2, -0.15) is 6.41 Å². The summed E-state index contributed by atoms with van der Waals surface area (Å²) < 4.78 is 4.64. The average Bonchev–Trinajstić information content (AvgIpc) is 1.79. The van der Waals surface area contributed by atoms with Crippen molar-refractivity contribution in [2.75, 3.05) is 6.54 Å². The van der Waals surface area contributed by atoms with Gasteiger partial charge >= 0.3 is 5.97 Å². The van der Waals surface area contributed by atoms with E-state index >= 15 is 0 Å². The van der Waals surface area contributed by atoms with Crippen molar-refractivity contribution < 1.29 is 14.3 Å². The summed E-state index contributed by atoms with van der Waals surface area (Å²) in [5.41, 5.74) is 4.34. The molecule has 0 rings (SSSR count). The summed E-state index contributed by atoms with van der Waals surface area (Å²) in [5, 5.41) is 2.03. The summed E-state index contributed by atoms with van der Waals surface area (Å²) in [7, 11) is 0. The predicted octanol–water partition coefficient (Wildman–Crippen LogP) is -1.12. The van der Waals surface area contributed by atoms with Gasteiger partial charge in [-0.05, 0) is 13.8 Å². The van der Waals surface area contributed by atoms with Gasteiger partial charge in [0.05, 0.1) is 6.54 Å². The molecule has 0 radical (unpaired) electrons. The van der Waals surface area contributed by atoms with Gasteiger partial charge in [-0.1, -0.05) is 0 Å². The molecule has 0 unspecified atom stereocenters. The normalized spacial score (nSPS) is 9.58. The van der Waals surface area contributed by atoms with Crippen molar-refractivity contribution >= 4 is 12.4 Å². The Labute approximate surface area is 64.9 Å². The monoisotopic (exact) mass is 416 g/mol. The Morgan fingerprint density at radius 2 is 2.17 bits per heavy atom. The number of carbonyl (C=O) groups excluding carboxylic acids is 2. The quantitative estimate of drug-likeness (QED) is 0.264. The number of amides is 1. The average molecular weight is 416 g/mol. The van der Waals surface area contributed by atoms with Crippen molar-refractivity contribution in [1.29, 1.82) is 0 Å². The standard InChI is InChI=1S/C6H11N2O3.Fm/c1-6(2,7)11-5(10)3-8-4-9;/h3,7H2,1-2H3,(H,8,9);/q-1;. The molecule has 0 aliphatic rings. The molecule has 0 aromatic rings. The molecule has 3 N–H and O–H groups in total. The van der Waals surface area contributed by atoms with Crippen LogP contribution in [0.5, 0.6) is 0 Å². The molecule has 0 heterocycles. The van der Waals surface area contributed by atoms with Crippen LogP contribution in [-0.2, 0) is 14.3 Å². The molecule has 1 amide bonds. The second-order valence-electron chi connectivity index (χ2n) is 2.53. The van der Waals surface area contributed by atoms with Crippen LogP contribution >= 0.6 is 0 Å². The van der Waals surface area contributed by atoms with E-state index in [0.717, 1.165) is 0 Å². The Hall–Kier alpha value is -2.10. The molecule has 6 heteroatoms. The zero-order valence-corrected chi connectivity index (χ0v) is 9.20. The maximum absolute atomic E-state index is 10.7. The molecular formula is C6H11FmN2O3-. The number of rotatable bonds is 4. The SMILES string of the molecule is CC(C)(N)OC(=O)CN[C-]=O.[Fm]. The fourth-order valence-electron chi connectivity index (χ4n) is 0.438. The Morgan fingerprint density at radius 1 is 1.67 bits per heavy atom. The first kappa shape index (κ1) is 12.6. The van der Waals surface area contributed by atoms with Crippen LogP contribution < -0.4 is 11.1 Å². The molecule has 0 saturated carbocycles. The number of hydrogen-bond donors (Lipinski definition) is 2. The maximum Gasteiger partial charge on any atom is 0.324 e. The van der Waals surface area contributed by atoms with Crippen molar-refractivity contribution in [2.24, 2.45) is 5.73 Å². The molecule has 0 aromatic heterocycles. The van der Waals surface area contributed by atoms with Crippen molar-refractivity contribution in [2.45, 2.75) is 19.6 Å². The molecular weight excluding hydrogens is 405 g/mol. The van der Waals surface area contributed by atoms with Gasteiger partial charge in [-0.25, -0.2) is 0 Å². The van der Waals surface area contributed by atoms with Crippen LogP contribution in [0.15, 0.2) is 0 Å². The van der Waals surface area contributed by atoms with E-state index in [0.29, 0.717) is 0 Å². The van der Waals surface area contributed by atoms with Crippen molar-refractivity contribution in [1.82, 2.24) is 5.32 Å². The summed E-state index contributed by atoms with van der Waals surface area (Å²) >= 11 is 0. The predicted molar refractivity (Wildman–Crippen MR) is 38.1 cm³/mol. The van der Waals surface area contributed by atoms with E-state index in [-0.39, 0.29) is 6.54 Å². The first-order valence-corrected chi connectivity index (χ1v) is 3.06. The first-order valence-electron chi connectivity index (χ1n) is 3.06. The minimum absolute atomic E-state index is 0. The Bertz CT molecular complexity index is 155. The summed E-state index contributed by atoms with van der Waals surface area (Å²) in [6.07, 6.45) is 1.34. The van der Waals surface area contributed by atoms with Gasteiger partial charge < -0.3 is 14.8 Å². The molecule has 0 bridgehead atoms. The van der Waals surface area contributed by atoms with Crippen LogP contribution in [0.4, 0.5) is 0 Å². The first-order chi connectivity index (χ1) is 4.95. The van der Waals surface area contributed by atoms with E-state index in [1.807, 2.05) is 5.32 Å². The van der Waals surface area contributed by atoms with Crippen LogP contribution in [0.2, 0.25) is 0 Å². The van der Waals surface area contributed by atoms with Gasteiger partial charge in [-0.15, -0.1) is 0 Å². The third-order valence-corrected chi connectivity index (χ3v) is 0.682. The largest absolute Gasteiger partial charge is 0.521 e. The van der Waals surface area contributed by atoms with E-state index in [1.165, 1.54) is 20.3 Å². The maximum atomic E-state index is 10.7. The van der Waals surface area contributed by atoms with Gasteiger partial charge in [0.2, 0.25) is 0 Å². The van der Waals surface area contributed by atoms with Crippen molar-refractivity contribution in [3.05, 3.63) is 0 Å². The Morgan fingerprint density at radius 3 is 2.50 bits per heavy atom. The number of nitrogens with one attached hydrogen (secondary N) is 1. The third-order valence-electron chi connectivity index (χ3n) is 0.682. The van der Waals surface area contributed by atoms with Crippen LogP contribution in [0.1, 0.15) is 13.8 Å². The molecule has 0 aliphatic carbocycles. The number of nitrogens with two attached hydrogens (primary N) is 1. The molecule has 5 nitrogen and oxygen atoms in total. The Kier molecular flexibility index (Phi) is 4.90. The number of ether oxygens (including phenoxy) is 1. The Balaban J connectivity index is 0. The number of carbonyl (C=O) groups is 1. The second kappa shape index (κ2) is 4.68. The zero-order valence-electron chi connectivity index (χ0n) is 6.80. The molecule has 0 aliphatic heterocycles. The van der Waals surface area contributed by atoms with Crippen molar-refractivity contribution in [3.63, 3.8) is 0 Å². The molecule has 0 saturated heterocycles. The van der Waals surface area contributed by atoms with Crippen LogP contribution in [-0.4, -0.2) is 24.6 Å². The summed E-state index contributed by atoms with van der Waals surface area (Å²) in [6, 6.07) is 0. The van der Waals surface area contributed by atoms with Gasteiger partial charge in [0.1, 0.15) is 0 Å². The summed E-state index contributed by atoms with van der Waals surface area (Å²) in [5.74, 6) is -0.583. The third kappa shape index (κ3) is 7.90. The molecule has 0 spiro atoms. The van der Waals surface area contributed by atoms with E-state index in [1.54, 1.807) is 0 Å². The molecule has 0 fully saturated rings. The molecule has 0 atom stereocenters. The van der Waals surface area contributed by atoms with Gasteiger partial charge in [0.25, 0.3) is 0 Å². The molecule has 76 valence electrons. The minimum Gasteiger partial charge on any atom is -0.521 e. The number of hydrogen-bond acceptors (Lipinski definition) is 4. The van der Waals surface area contributed by atoms with Gasteiger partial charge in [0, 0.05) is 0 Å². The van der Waals surface area contributed by atoms with E-state index in [2.05, 4.69) is 4.74 Å². The fraction of sp³-hybridized carbons (Fsp3) is 0.667. The zero-order chi connectivity index (χ0) is 8.91. The summed E-state index contributed by atoms with van der Waals surface area (Å²) in [4.78, 5) is 20.3. The second-order valence-corrected chi connectivity index (χ2v) is 2.53.